The molecule has 0 aromatic carbocycles. The maximum absolute atomic E-state index is 10.5. The lowest BCUT2D eigenvalue weighted by Crippen LogP contribution is -2.20. The van der Waals surface area contributed by atoms with Gasteiger partial charge in [-0.3, -0.25) is 4.79 Å². The molecule has 1 saturated heterocycles. The van der Waals surface area contributed by atoms with E-state index in [1.807, 2.05) is 12.1 Å². The molecular weight excluding hydrogens is 198 g/mol. The second kappa shape index (κ2) is 4.11. The monoisotopic (exact) mass is 211 g/mol. The molecule has 0 spiro atoms. The molecule has 3 nitrogen and oxygen atoms in total. The lowest BCUT2D eigenvalue weighted by atomic mass is 10.3. The van der Waals surface area contributed by atoms with E-state index in [0.717, 1.165) is 30.7 Å². The summed E-state index contributed by atoms with van der Waals surface area (Å²) in [5.41, 5.74) is 0. The number of thiophene rings is 1. The van der Waals surface area contributed by atoms with E-state index >= 15 is 0 Å². The molecule has 4 heteroatoms. The minimum absolute atomic E-state index is 0.344. The van der Waals surface area contributed by atoms with Crippen LogP contribution in [0.25, 0.3) is 0 Å². The van der Waals surface area contributed by atoms with E-state index in [9.17, 15) is 4.79 Å². The average molecular weight is 211 g/mol. The van der Waals surface area contributed by atoms with Gasteiger partial charge in [0.05, 0.1) is 16.0 Å². The van der Waals surface area contributed by atoms with Gasteiger partial charge in [-0.05, 0) is 18.6 Å². The third-order valence-electron chi connectivity index (χ3n) is 2.52. The van der Waals surface area contributed by atoms with Crippen LogP contribution in [0.4, 0.5) is 5.00 Å². The third kappa shape index (κ3) is 1.81. The summed E-state index contributed by atoms with van der Waals surface area (Å²) in [6.45, 7) is 1.96. The average Bonchev–Trinajstić information content (AvgIpc) is 2.86. The summed E-state index contributed by atoms with van der Waals surface area (Å²) in [5.74, 6) is 0. The summed E-state index contributed by atoms with van der Waals surface area (Å²) in [7, 11) is 1.75. The molecule has 76 valence electrons. The molecule has 1 unspecified atom stereocenters. The fourth-order valence-electron chi connectivity index (χ4n) is 1.70. The quantitative estimate of drug-likeness (QED) is 0.714. The number of hydrogen-bond acceptors (Lipinski definition) is 4. The topological polar surface area (TPSA) is 29.5 Å². The van der Waals surface area contributed by atoms with Gasteiger partial charge in [-0.15, -0.1) is 11.3 Å². The lowest BCUT2D eigenvalue weighted by molar-refractivity contribution is 0.112. The van der Waals surface area contributed by atoms with Crippen LogP contribution >= 0.6 is 11.3 Å². The van der Waals surface area contributed by atoms with Gasteiger partial charge in [0.15, 0.2) is 6.29 Å². The van der Waals surface area contributed by atoms with E-state index in [0.29, 0.717) is 6.10 Å². The molecule has 0 aliphatic carbocycles. The van der Waals surface area contributed by atoms with Gasteiger partial charge in [-0.25, -0.2) is 0 Å². The van der Waals surface area contributed by atoms with Crippen molar-refractivity contribution < 1.29 is 9.53 Å². The second-order valence-corrected chi connectivity index (χ2v) is 4.48. The second-order valence-electron chi connectivity index (χ2n) is 3.39. The number of aldehydes is 1. The van der Waals surface area contributed by atoms with Gasteiger partial charge in [-0.2, -0.15) is 0 Å². The normalized spacial score (nSPS) is 21.5. The van der Waals surface area contributed by atoms with Gasteiger partial charge in [0.25, 0.3) is 0 Å². The molecule has 1 aliphatic heterocycles. The molecule has 0 radical (unpaired) electrons. The molecule has 0 N–H and O–H groups in total. The van der Waals surface area contributed by atoms with E-state index < -0.39 is 0 Å². The summed E-state index contributed by atoms with van der Waals surface area (Å²) in [5, 5.41) is 1.17. The summed E-state index contributed by atoms with van der Waals surface area (Å²) in [6.07, 6.45) is 2.32. The Labute approximate surface area is 87.3 Å². The Morgan fingerprint density at radius 2 is 2.50 bits per heavy atom. The first-order valence-corrected chi connectivity index (χ1v) is 5.48. The van der Waals surface area contributed by atoms with Gasteiger partial charge in [0, 0.05) is 20.2 Å². The first kappa shape index (κ1) is 9.68. The molecule has 1 aromatic heterocycles. The number of methoxy groups -OCH3 is 1. The van der Waals surface area contributed by atoms with Crippen LogP contribution in [0.1, 0.15) is 16.1 Å². The predicted octanol–water partition coefficient (Wildman–Crippen LogP) is 1.79. The van der Waals surface area contributed by atoms with Crippen molar-refractivity contribution in [2.75, 3.05) is 25.1 Å². The standard InChI is InChI=1S/C10H13NO2S/c1-13-8-4-5-11(6-8)10-3-2-9(7-12)14-10/h2-3,7-8H,4-6H2,1H3. The molecule has 0 saturated carbocycles. The van der Waals surface area contributed by atoms with Crippen LogP contribution in [0, 0.1) is 0 Å². The molecule has 1 atom stereocenters. The Morgan fingerprint density at radius 3 is 3.07 bits per heavy atom. The number of ether oxygens (including phenoxy) is 1. The van der Waals surface area contributed by atoms with Crippen molar-refractivity contribution >= 4 is 22.6 Å². The Hall–Kier alpha value is -0.870. The predicted molar refractivity (Wildman–Crippen MR) is 57.3 cm³/mol. The summed E-state index contributed by atoms with van der Waals surface area (Å²) in [6, 6.07) is 3.87. The number of carbonyl (C=O) groups excluding carboxylic acids is 1. The molecule has 2 rings (SSSR count). The zero-order chi connectivity index (χ0) is 9.97. The van der Waals surface area contributed by atoms with Crippen LogP contribution in [0.5, 0.6) is 0 Å². The zero-order valence-corrected chi connectivity index (χ0v) is 8.92. The third-order valence-corrected chi connectivity index (χ3v) is 3.59. The van der Waals surface area contributed by atoms with Crippen molar-refractivity contribution in [2.45, 2.75) is 12.5 Å². The van der Waals surface area contributed by atoms with Crippen LogP contribution in [-0.2, 0) is 4.74 Å². The number of rotatable bonds is 3. The summed E-state index contributed by atoms with van der Waals surface area (Å²) < 4.78 is 5.29. The first-order chi connectivity index (χ1) is 6.83. The zero-order valence-electron chi connectivity index (χ0n) is 8.10. The molecule has 1 aromatic rings. The largest absolute Gasteiger partial charge is 0.380 e. The van der Waals surface area contributed by atoms with Crippen molar-refractivity contribution in [1.29, 1.82) is 0 Å². The lowest BCUT2D eigenvalue weighted by Gasteiger charge is -2.15. The van der Waals surface area contributed by atoms with Gasteiger partial charge in [0.1, 0.15) is 0 Å². The Kier molecular flexibility index (Phi) is 2.84. The molecule has 1 fully saturated rings. The Bertz CT molecular complexity index is 324. The highest BCUT2D eigenvalue weighted by Gasteiger charge is 2.22. The highest BCUT2D eigenvalue weighted by atomic mass is 32.1. The van der Waals surface area contributed by atoms with Crippen molar-refractivity contribution in [3.05, 3.63) is 17.0 Å². The molecule has 2 heterocycles. The summed E-state index contributed by atoms with van der Waals surface area (Å²) >= 11 is 1.54. The van der Waals surface area contributed by atoms with E-state index in [1.165, 1.54) is 5.00 Å². The molecule has 1 aliphatic rings. The van der Waals surface area contributed by atoms with Gasteiger partial charge in [-0.1, -0.05) is 0 Å². The van der Waals surface area contributed by atoms with Crippen LogP contribution in [0.3, 0.4) is 0 Å². The number of nitrogens with zero attached hydrogens (tertiary/aromatic N) is 1. The van der Waals surface area contributed by atoms with Crippen LogP contribution in [0.15, 0.2) is 12.1 Å². The van der Waals surface area contributed by atoms with Crippen molar-refractivity contribution in [1.82, 2.24) is 0 Å². The minimum Gasteiger partial charge on any atom is -0.380 e. The maximum atomic E-state index is 10.5. The van der Waals surface area contributed by atoms with Crippen molar-refractivity contribution in [3.63, 3.8) is 0 Å². The fourth-order valence-corrected chi connectivity index (χ4v) is 2.55. The minimum atomic E-state index is 0.344. The maximum Gasteiger partial charge on any atom is 0.160 e. The molecule has 14 heavy (non-hydrogen) atoms. The van der Waals surface area contributed by atoms with Crippen molar-refractivity contribution in [2.24, 2.45) is 0 Å². The van der Waals surface area contributed by atoms with Crippen LogP contribution < -0.4 is 4.90 Å². The van der Waals surface area contributed by atoms with E-state index in [1.54, 1.807) is 18.4 Å². The highest BCUT2D eigenvalue weighted by Crippen LogP contribution is 2.28. The smallest absolute Gasteiger partial charge is 0.160 e. The van der Waals surface area contributed by atoms with Gasteiger partial charge in [0.2, 0.25) is 0 Å². The van der Waals surface area contributed by atoms with Crippen LogP contribution in [0.2, 0.25) is 0 Å². The molecular formula is C10H13NO2S. The number of carbonyl (C=O) groups is 1. The Balaban J connectivity index is 2.05. The molecule has 0 bridgehead atoms. The Morgan fingerprint density at radius 1 is 1.64 bits per heavy atom. The van der Waals surface area contributed by atoms with Crippen molar-refractivity contribution in [3.8, 4) is 0 Å². The highest BCUT2D eigenvalue weighted by molar-refractivity contribution is 7.17. The van der Waals surface area contributed by atoms with E-state index in [4.69, 9.17) is 4.74 Å². The number of anilines is 1. The number of hydrogen-bond donors (Lipinski definition) is 0. The van der Waals surface area contributed by atoms with E-state index in [-0.39, 0.29) is 0 Å². The van der Waals surface area contributed by atoms with Crippen LogP contribution in [-0.4, -0.2) is 32.6 Å². The van der Waals surface area contributed by atoms with Gasteiger partial charge < -0.3 is 9.64 Å². The van der Waals surface area contributed by atoms with E-state index in [2.05, 4.69) is 4.90 Å². The first-order valence-electron chi connectivity index (χ1n) is 4.66. The van der Waals surface area contributed by atoms with Gasteiger partial charge >= 0.3 is 0 Å². The molecule has 0 amide bonds. The summed E-state index contributed by atoms with van der Waals surface area (Å²) in [4.78, 5) is 13.6. The SMILES string of the molecule is COC1CCN(c2ccc(C=O)s2)C1. The fraction of sp³-hybridized carbons (Fsp3) is 0.500.